The largest absolute Gasteiger partial charge is 0.491 e. The minimum atomic E-state index is -0.432. The van der Waals surface area contributed by atoms with Crippen LogP contribution in [0.25, 0.3) is 11.6 Å². The molecule has 0 radical (unpaired) electrons. The summed E-state index contributed by atoms with van der Waals surface area (Å²) >= 11 is 12.2. The van der Waals surface area contributed by atoms with E-state index in [4.69, 9.17) is 27.9 Å². The molecule has 0 spiro atoms. The number of hydrogen-bond acceptors (Lipinski definition) is 3. The minimum absolute atomic E-state index is 0.201. The summed E-state index contributed by atoms with van der Waals surface area (Å²) in [4.78, 5) is 12.5. The Hall–Kier alpha value is -2.48. The molecule has 0 unspecified atom stereocenters. The first-order chi connectivity index (χ1) is 13.5. The molecular weight excluding hydrogens is 395 g/mol. The fraction of sp³-hybridized carbons (Fsp3) is 0.273. The van der Waals surface area contributed by atoms with Gasteiger partial charge >= 0.3 is 0 Å². The van der Waals surface area contributed by atoms with Gasteiger partial charge in [0.15, 0.2) is 0 Å². The smallest absolute Gasteiger partial charge is 0.256 e. The zero-order chi connectivity index (χ0) is 19.7. The van der Waals surface area contributed by atoms with E-state index in [9.17, 15) is 10.1 Å². The van der Waals surface area contributed by atoms with Crippen LogP contribution in [0, 0.1) is 16.7 Å². The summed E-state index contributed by atoms with van der Waals surface area (Å²) < 4.78 is 6.04. The average molecular weight is 413 g/mol. The van der Waals surface area contributed by atoms with Crippen molar-refractivity contribution < 1.29 is 9.53 Å². The zero-order valence-electron chi connectivity index (χ0n) is 15.1. The highest BCUT2D eigenvalue weighted by Crippen LogP contribution is 2.40. The molecule has 6 heteroatoms. The second-order valence-electron chi connectivity index (χ2n) is 7.27. The van der Waals surface area contributed by atoms with Crippen molar-refractivity contribution in [2.75, 3.05) is 11.9 Å². The summed E-state index contributed by atoms with van der Waals surface area (Å²) in [5.74, 6) is 0.404. The standard InChI is InChI=1S/C22H18Cl2N2O2/c23-15-4-6-20(28-13-22(12-25)7-1-2-8-22)14(9-15)10-18-17-5-3-16(24)11-19(17)26-21(18)27/h3-6,9-11H,1-2,7-8,13H2,(H,26,27)/b18-10-. The molecule has 0 aromatic heterocycles. The maximum Gasteiger partial charge on any atom is 0.256 e. The number of benzene rings is 2. The lowest BCUT2D eigenvalue weighted by molar-refractivity contribution is -0.110. The van der Waals surface area contributed by atoms with Gasteiger partial charge < -0.3 is 10.1 Å². The van der Waals surface area contributed by atoms with Gasteiger partial charge in [0.25, 0.3) is 5.91 Å². The first-order valence-corrected chi connectivity index (χ1v) is 9.92. The lowest BCUT2D eigenvalue weighted by atomic mass is 9.89. The zero-order valence-corrected chi connectivity index (χ0v) is 16.6. The van der Waals surface area contributed by atoms with Crippen LogP contribution in [0.2, 0.25) is 10.0 Å². The van der Waals surface area contributed by atoms with Crippen LogP contribution in [0.3, 0.4) is 0 Å². The number of amides is 1. The van der Waals surface area contributed by atoms with Gasteiger partial charge in [0.1, 0.15) is 12.4 Å². The second-order valence-corrected chi connectivity index (χ2v) is 8.14. The molecule has 1 N–H and O–H groups in total. The highest BCUT2D eigenvalue weighted by molar-refractivity contribution is 6.37. The Kier molecular flexibility index (Phi) is 5.05. The number of hydrogen-bond donors (Lipinski definition) is 1. The molecule has 142 valence electrons. The topological polar surface area (TPSA) is 62.1 Å². The molecule has 28 heavy (non-hydrogen) atoms. The summed E-state index contributed by atoms with van der Waals surface area (Å²) in [6.07, 6.45) is 5.57. The number of nitrogens with one attached hydrogen (secondary N) is 1. The molecular formula is C22H18Cl2N2O2. The number of carbonyl (C=O) groups is 1. The molecule has 2 aromatic carbocycles. The molecule has 0 bridgehead atoms. The Labute approximate surface area is 173 Å². The van der Waals surface area contributed by atoms with Crippen LogP contribution in [0.4, 0.5) is 5.69 Å². The van der Waals surface area contributed by atoms with Crippen LogP contribution in [0.15, 0.2) is 36.4 Å². The normalized spacial score (nSPS) is 18.6. The van der Waals surface area contributed by atoms with E-state index < -0.39 is 5.41 Å². The van der Waals surface area contributed by atoms with Crippen molar-refractivity contribution in [3.05, 3.63) is 57.6 Å². The number of carbonyl (C=O) groups excluding carboxylic acids is 1. The van der Waals surface area contributed by atoms with Crippen LogP contribution in [-0.2, 0) is 4.79 Å². The van der Waals surface area contributed by atoms with Crippen molar-refractivity contribution in [1.29, 1.82) is 5.26 Å². The SMILES string of the molecule is N#CC1(COc2ccc(Cl)cc2/C=C2\C(=O)Nc3cc(Cl)ccc32)CCCC1. The lowest BCUT2D eigenvalue weighted by Crippen LogP contribution is -2.23. The summed E-state index contributed by atoms with van der Waals surface area (Å²) in [6, 6.07) is 13.0. The molecule has 4 rings (SSSR count). The molecule has 1 saturated carbocycles. The van der Waals surface area contributed by atoms with Gasteiger partial charge in [-0.25, -0.2) is 0 Å². The van der Waals surface area contributed by atoms with Gasteiger partial charge in [0.2, 0.25) is 0 Å². The van der Waals surface area contributed by atoms with E-state index in [1.165, 1.54) is 0 Å². The van der Waals surface area contributed by atoms with Gasteiger partial charge in [0.05, 0.1) is 17.2 Å². The molecule has 0 saturated heterocycles. The Balaban J connectivity index is 1.67. The number of rotatable bonds is 4. The summed E-state index contributed by atoms with van der Waals surface area (Å²) in [5, 5.41) is 13.5. The van der Waals surface area contributed by atoms with Crippen LogP contribution in [-0.4, -0.2) is 12.5 Å². The van der Waals surface area contributed by atoms with Crippen molar-refractivity contribution in [1.82, 2.24) is 0 Å². The predicted octanol–water partition coefficient (Wildman–Crippen LogP) is 5.95. The number of nitriles is 1. The lowest BCUT2D eigenvalue weighted by Gasteiger charge is -2.21. The van der Waals surface area contributed by atoms with E-state index >= 15 is 0 Å². The van der Waals surface area contributed by atoms with E-state index in [2.05, 4.69) is 11.4 Å². The van der Waals surface area contributed by atoms with E-state index in [0.29, 0.717) is 39.2 Å². The molecule has 1 amide bonds. The van der Waals surface area contributed by atoms with Crippen molar-refractivity contribution >= 4 is 46.4 Å². The second kappa shape index (κ2) is 7.50. The highest BCUT2D eigenvalue weighted by atomic mass is 35.5. The fourth-order valence-corrected chi connectivity index (χ4v) is 4.14. The molecule has 0 atom stereocenters. The first-order valence-electron chi connectivity index (χ1n) is 9.16. The van der Waals surface area contributed by atoms with Crippen LogP contribution >= 0.6 is 23.2 Å². The van der Waals surface area contributed by atoms with Gasteiger partial charge in [-0.05, 0) is 49.2 Å². The van der Waals surface area contributed by atoms with E-state index in [-0.39, 0.29) is 5.91 Å². The van der Waals surface area contributed by atoms with Gasteiger partial charge in [-0.15, -0.1) is 0 Å². The maximum absolute atomic E-state index is 12.5. The summed E-state index contributed by atoms with van der Waals surface area (Å²) in [6.45, 7) is 0.333. The summed E-state index contributed by atoms with van der Waals surface area (Å²) in [5.41, 5.74) is 2.26. The van der Waals surface area contributed by atoms with E-state index in [1.807, 2.05) is 6.07 Å². The molecule has 2 aromatic rings. The van der Waals surface area contributed by atoms with Crippen molar-refractivity contribution in [3.63, 3.8) is 0 Å². The minimum Gasteiger partial charge on any atom is -0.491 e. The number of nitrogens with zero attached hydrogens (tertiary/aromatic N) is 1. The molecule has 1 heterocycles. The molecule has 1 aliphatic heterocycles. The number of ether oxygens (including phenoxy) is 1. The van der Waals surface area contributed by atoms with Gasteiger partial charge in [-0.2, -0.15) is 5.26 Å². The van der Waals surface area contributed by atoms with Crippen LogP contribution in [0.5, 0.6) is 5.75 Å². The number of anilines is 1. The first kappa shape index (κ1) is 18.9. The van der Waals surface area contributed by atoms with E-state index in [0.717, 1.165) is 31.2 Å². The third kappa shape index (κ3) is 3.61. The van der Waals surface area contributed by atoms with Crippen molar-refractivity contribution in [2.24, 2.45) is 5.41 Å². The van der Waals surface area contributed by atoms with Crippen LogP contribution in [0.1, 0.15) is 36.8 Å². The number of halogens is 2. The van der Waals surface area contributed by atoms with Gasteiger partial charge in [-0.3, -0.25) is 4.79 Å². The quantitative estimate of drug-likeness (QED) is 0.630. The summed E-state index contributed by atoms with van der Waals surface area (Å²) in [7, 11) is 0. The van der Waals surface area contributed by atoms with Crippen molar-refractivity contribution in [2.45, 2.75) is 25.7 Å². The maximum atomic E-state index is 12.5. The average Bonchev–Trinajstić information content (AvgIpc) is 3.26. The Morgan fingerprint density at radius 3 is 2.61 bits per heavy atom. The Bertz CT molecular complexity index is 1020. The molecule has 2 aliphatic rings. The van der Waals surface area contributed by atoms with Crippen molar-refractivity contribution in [3.8, 4) is 11.8 Å². The molecule has 4 nitrogen and oxygen atoms in total. The van der Waals surface area contributed by atoms with Gasteiger partial charge in [-0.1, -0.05) is 42.1 Å². The third-order valence-corrected chi connectivity index (χ3v) is 5.81. The fourth-order valence-electron chi connectivity index (χ4n) is 3.79. The van der Waals surface area contributed by atoms with E-state index in [1.54, 1.807) is 36.4 Å². The third-order valence-electron chi connectivity index (χ3n) is 5.34. The molecule has 1 aliphatic carbocycles. The van der Waals surface area contributed by atoms with Gasteiger partial charge in [0, 0.05) is 26.7 Å². The monoisotopic (exact) mass is 412 g/mol. The van der Waals surface area contributed by atoms with Crippen LogP contribution < -0.4 is 10.1 Å². The highest BCUT2D eigenvalue weighted by Gasteiger charge is 2.35. The predicted molar refractivity (Wildman–Crippen MR) is 111 cm³/mol. The molecule has 1 fully saturated rings. The Morgan fingerprint density at radius 2 is 1.86 bits per heavy atom. The number of fused-ring (bicyclic) bond motifs is 1. The Morgan fingerprint density at radius 1 is 1.14 bits per heavy atom.